The number of hydrogen-bond acceptors (Lipinski definition) is 5. The number of ketones is 1. The number of aromatic amines is 1. The van der Waals surface area contributed by atoms with Gasteiger partial charge in [0.2, 0.25) is 11.8 Å². The van der Waals surface area contributed by atoms with E-state index in [4.69, 9.17) is 0 Å². The number of aromatic nitrogens is 1. The number of Topliss-reactive ketones (excluding diaryl/α,β-unsaturated/α-hetero) is 1. The highest BCUT2D eigenvalue weighted by atomic mass is 79.9. The first-order chi connectivity index (χ1) is 15.3. The number of amides is 4. The van der Waals surface area contributed by atoms with Crippen LogP contribution < -0.4 is 10.6 Å². The van der Waals surface area contributed by atoms with Gasteiger partial charge in [0.15, 0.2) is 5.78 Å². The maximum atomic E-state index is 12.9. The van der Waals surface area contributed by atoms with Crippen molar-refractivity contribution in [2.45, 2.75) is 44.7 Å². The molecular formula is C22H19BrN4O5. The van der Waals surface area contributed by atoms with Gasteiger partial charge in [-0.1, -0.05) is 0 Å². The third-order valence-corrected chi connectivity index (χ3v) is 6.93. The molecule has 3 aliphatic rings. The summed E-state index contributed by atoms with van der Waals surface area (Å²) in [6.07, 6.45) is 2.41. The lowest BCUT2D eigenvalue weighted by atomic mass is 9.97. The average Bonchev–Trinajstić information content (AvgIpc) is 3.26. The molecule has 3 N–H and O–H groups in total. The summed E-state index contributed by atoms with van der Waals surface area (Å²) in [7, 11) is 0. The number of benzene rings is 1. The number of carbonyl (C=O) groups is 5. The lowest BCUT2D eigenvalue weighted by Crippen LogP contribution is -2.52. The summed E-state index contributed by atoms with van der Waals surface area (Å²) in [5.41, 5.74) is 3.25. The molecule has 1 fully saturated rings. The number of imide groups is 1. The number of rotatable bonds is 3. The predicted octanol–water partition coefficient (Wildman–Crippen LogP) is 2.31. The van der Waals surface area contributed by atoms with Crippen LogP contribution in [-0.2, 0) is 22.6 Å². The minimum atomic E-state index is -0.690. The zero-order chi connectivity index (χ0) is 22.6. The SMILES string of the molecule is O=C1CCC(N2Cc3cc(NC(=O)c4[nH]c5c(c4Br)C(=O)CCC5)ccc3C2=O)C(=O)N1. The molecule has 10 heteroatoms. The Morgan fingerprint density at radius 2 is 1.94 bits per heavy atom. The Kier molecular flexibility index (Phi) is 4.96. The second kappa shape index (κ2) is 7.70. The van der Waals surface area contributed by atoms with Crippen molar-refractivity contribution in [1.29, 1.82) is 0 Å². The summed E-state index contributed by atoms with van der Waals surface area (Å²) < 4.78 is 0.468. The normalized spacial score (nSPS) is 20.2. The molecule has 9 nitrogen and oxygen atoms in total. The second-order valence-electron chi connectivity index (χ2n) is 8.17. The zero-order valence-electron chi connectivity index (χ0n) is 16.9. The first-order valence-corrected chi connectivity index (χ1v) is 11.1. The number of aryl methyl sites for hydroxylation is 1. The molecule has 0 saturated carbocycles. The van der Waals surface area contributed by atoms with Gasteiger partial charge in [0.1, 0.15) is 11.7 Å². The van der Waals surface area contributed by atoms with Crippen LogP contribution in [0.4, 0.5) is 5.69 Å². The van der Waals surface area contributed by atoms with Gasteiger partial charge in [-0.05, 0) is 59.0 Å². The van der Waals surface area contributed by atoms with E-state index in [1.807, 2.05) is 0 Å². The summed E-state index contributed by atoms with van der Waals surface area (Å²) in [4.78, 5) is 66.0. The molecule has 1 aliphatic carbocycles. The third kappa shape index (κ3) is 3.35. The largest absolute Gasteiger partial charge is 0.353 e. The molecule has 1 aromatic carbocycles. The average molecular weight is 499 g/mol. The van der Waals surface area contributed by atoms with E-state index >= 15 is 0 Å². The Labute approximate surface area is 191 Å². The van der Waals surface area contributed by atoms with E-state index in [0.717, 1.165) is 12.1 Å². The number of halogens is 1. The van der Waals surface area contributed by atoms with E-state index in [-0.39, 0.29) is 42.7 Å². The molecule has 0 bridgehead atoms. The fourth-order valence-corrected chi connectivity index (χ4v) is 5.30. The van der Waals surface area contributed by atoms with Gasteiger partial charge in [-0.3, -0.25) is 29.3 Å². The highest BCUT2D eigenvalue weighted by molar-refractivity contribution is 9.10. The standard InChI is InChI=1S/C22H19BrN4O5/c23-18-17-13(2-1-3-15(17)28)25-19(18)21(31)24-11-4-5-12-10(8-11)9-27(22(12)32)14-6-7-16(29)26-20(14)30/h4-5,8,14,25H,1-3,6-7,9H2,(H,24,31)(H,26,29,30). The van der Waals surface area contributed by atoms with Gasteiger partial charge in [0.25, 0.3) is 11.8 Å². The fourth-order valence-electron chi connectivity index (χ4n) is 4.56. The van der Waals surface area contributed by atoms with Crippen LogP contribution >= 0.6 is 15.9 Å². The molecule has 1 atom stereocenters. The number of hydrogen-bond donors (Lipinski definition) is 3. The highest BCUT2D eigenvalue weighted by Crippen LogP contribution is 2.33. The van der Waals surface area contributed by atoms with Crippen molar-refractivity contribution >= 4 is 51.0 Å². The van der Waals surface area contributed by atoms with Crippen LogP contribution in [-0.4, -0.2) is 45.3 Å². The van der Waals surface area contributed by atoms with Gasteiger partial charge >= 0.3 is 0 Å². The number of H-pyrrole nitrogens is 1. The van der Waals surface area contributed by atoms with Crippen LogP contribution in [0.3, 0.4) is 0 Å². The molecule has 4 amide bonds. The molecule has 5 rings (SSSR count). The maximum absolute atomic E-state index is 12.9. The number of piperidine rings is 1. The van der Waals surface area contributed by atoms with Crippen molar-refractivity contribution in [3.63, 3.8) is 0 Å². The molecular weight excluding hydrogens is 480 g/mol. The van der Waals surface area contributed by atoms with Crippen LogP contribution in [0, 0.1) is 0 Å². The quantitative estimate of drug-likeness (QED) is 0.559. The Hall–Kier alpha value is -3.27. The summed E-state index contributed by atoms with van der Waals surface area (Å²) in [6.45, 7) is 0.221. The first-order valence-electron chi connectivity index (χ1n) is 10.4. The van der Waals surface area contributed by atoms with Crippen LogP contribution in [0.15, 0.2) is 22.7 Å². The molecule has 1 unspecified atom stereocenters. The number of fused-ring (bicyclic) bond motifs is 2. The number of anilines is 1. The molecule has 32 heavy (non-hydrogen) atoms. The topological polar surface area (TPSA) is 128 Å². The summed E-state index contributed by atoms with van der Waals surface area (Å²) in [5, 5.41) is 5.09. The molecule has 164 valence electrons. The van der Waals surface area contributed by atoms with Crippen molar-refractivity contribution in [3.05, 3.63) is 50.8 Å². The Morgan fingerprint density at radius 3 is 2.69 bits per heavy atom. The smallest absolute Gasteiger partial charge is 0.273 e. The second-order valence-corrected chi connectivity index (χ2v) is 8.96. The zero-order valence-corrected chi connectivity index (χ0v) is 18.5. The van der Waals surface area contributed by atoms with Crippen molar-refractivity contribution < 1.29 is 24.0 Å². The van der Waals surface area contributed by atoms with E-state index < -0.39 is 17.9 Å². The van der Waals surface area contributed by atoms with Crippen LogP contribution in [0.2, 0.25) is 0 Å². The monoisotopic (exact) mass is 498 g/mol. The molecule has 2 aliphatic heterocycles. The molecule has 1 saturated heterocycles. The van der Waals surface area contributed by atoms with Crippen molar-refractivity contribution in [2.75, 3.05) is 5.32 Å². The minimum Gasteiger partial charge on any atom is -0.353 e. The predicted molar refractivity (Wildman–Crippen MR) is 116 cm³/mol. The van der Waals surface area contributed by atoms with Crippen molar-refractivity contribution in [1.82, 2.24) is 15.2 Å². The molecule has 3 heterocycles. The number of carbonyl (C=O) groups excluding carboxylic acids is 5. The van der Waals surface area contributed by atoms with E-state index in [9.17, 15) is 24.0 Å². The number of nitrogens with one attached hydrogen (secondary N) is 3. The maximum Gasteiger partial charge on any atom is 0.273 e. The number of nitrogens with zero attached hydrogens (tertiary/aromatic N) is 1. The Balaban J connectivity index is 1.35. The Bertz CT molecular complexity index is 1220. The first kappa shape index (κ1) is 20.6. The van der Waals surface area contributed by atoms with Crippen LogP contribution in [0.1, 0.15) is 68.1 Å². The van der Waals surface area contributed by atoms with Crippen LogP contribution in [0.25, 0.3) is 0 Å². The minimum absolute atomic E-state index is 0.0120. The van der Waals surface area contributed by atoms with Gasteiger partial charge in [-0.15, -0.1) is 0 Å². The summed E-state index contributed by atoms with van der Waals surface area (Å²) >= 11 is 3.38. The van der Waals surface area contributed by atoms with Crippen molar-refractivity contribution in [3.8, 4) is 0 Å². The molecule has 2 aromatic rings. The summed E-state index contributed by atoms with van der Waals surface area (Å²) in [5.74, 6) is -1.46. The van der Waals surface area contributed by atoms with Gasteiger partial charge in [-0.25, -0.2) is 0 Å². The molecule has 1 aromatic heterocycles. The van der Waals surface area contributed by atoms with E-state index in [0.29, 0.717) is 39.7 Å². The van der Waals surface area contributed by atoms with E-state index in [1.54, 1.807) is 18.2 Å². The van der Waals surface area contributed by atoms with Gasteiger partial charge in [-0.2, -0.15) is 0 Å². The molecule has 0 radical (unpaired) electrons. The fraction of sp³-hybridized carbons (Fsp3) is 0.318. The highest BCUT2D eigenvalue weighted by Gasteiger charge is 2.39. The Morgan fingerprint density at radius 1 is 1.12 bits per heavy atom. The van der Waals surface area contributed by atoms with E-state index in [1.165, 1.54) is 4.90 Å². The molecule has 0 spiro atoms. The van der Waals surface area contributed by atoms with Gasteiger partial charge in [0.05, 0.1) is 10.0 Å². The van der Waals surface area contributed by atoms with Gasteiger partial charge < -0.3 is 15.2 Å². The summed E-state index contributed by atoms with van der Waals surface area (Å²) in [6, 6.07) is 4.27. The lowest BCUT2D eigenvalue weighted by Gasteiger charge is -2.29. The van der Waals surface area contributed by atoms with E-state index in [2.05, 4.69) is 31.5 Å². The van der Waals surface area contributed by atoms with Gasteiger partial charge in [0, 0.05) is 36.3 Å². The van der Waals surface area contributed by atoms with Crippen LogP contribution in [0.5, 0.6) is 0 Å². The van der Waals surface area contributed by atoms with Crippen molar-refractivity contribution in [2.24, 2.45) is 0 Å². The third-order valence-electron chi connectivity index (χ3n) is 6.13. The lowest BCUT2D eigenvalue weighted by molar-refractivity contribution is -0.136.